The van der Waals surface area contributed by atoms with Gasteiger partial charge in [-0.25, -0.2) is 4.79 Å². The van der Waals surface area contributed by atoms with Crippen LogP contribution in [0.2, 0.25) is 0 Å². The fourth-order valence-electron chi connectivity index (χ4n) is 4.85. The number of ether oxygens (including phenoxy) is 1. The fraction of sp³-hybridized carbons (Fsp3) is 0.667. The van der Waals surface area contributed by atoms with Crippen molar-refractivity contribution in [1.82, 2.24) is 14.7 Å². The maximum absolute atomic E-state index is 13.2. The van der Waals surface area contributed by atoms with Crippen LogP contribution in [-0.2, 0) is 15.7 Å². The molecule has 2 fully saturated rings. The van der Waals surface area contributed by atoms with Gasteiger partial charge in [-0.3, -0.25) is 9.69 Å². The van der Waals surface area contributed by atoms with E-state index in [1.165, 1.54) is 19.1 Å². The van der Waals surface area contributed by atoms with Crippen molar-refractivity contribution in [3.63, 3.8) is 0 Å². The molecule has 0 radical (unpaired) electrons. The molecule has 2 N–H and O–H groups in total. The van der Waals surface area contributed by atoms with E-state index in [0.717, 1.165) is 38.5 Å². The minimum absolute atomic E-state index is 0.0311. The van der Waals surface area contributed by atoms with Gasteiger partial charge in [-0.2, -0.15) is 18.4 Å². The maximum atomic E-state index is 13.2. The van der Waals surface area contributed by atoms with Gasteiger partial charge in [0.05, 0.1) is 17.2 Å². The fourth-order valence-corrected chi connectivity index (χ4v) is 4.85. The minimum Gasteiger partial charge on any atom is -0.444 e. The van der Waals surface area contributed by atoms with Crippen LogP contribution in [0.5, 0.6) is 0 Å². The van der Waals surface area contributed by atoms with Gasteiger partial charge in [0.25, 0.3) is 5.91 Å². The number of amides is 2. The summed E-state index contributed by atoms with van der Waals surface area (Å²) in [6.07, 6.45) is -3.21. The number of alkyl halides is 3. The van der Waals surface area contributed by atoms with Crippen LogP contribution < -0.4 is 5.32 Å². The number of nitriles is 1. The first-order valence-electron chi connectivity index (χ1n) is 13.2. The van der Waals surface area contributed by atoms with Crippen LogP contribution in [0.3, 0.4) is 0 Å². The van der Waals surface area contributed by atoms with Gasteiger partial charge in [0.1, 0.15) is 5.60 Å². The Kier molecular flexibility index (Phi) is 9.51. The predicted molar refractivity (Wildman–Crippen MR) is 139 cm³/mol. The zero-order chi connectivity index (χ0) is 29.0. The number of hydrogen-bond donors (Lipinski definition) is 2. The van der Waals surface area contributed by atoms with E-state index in [9.17, 15) is 27.9 Å². The van der Waals surface area contributed by atoms with E-state index in [4.69, 9.17) is 10.00 Å². The third-order valence-corrected chi connectivity index (χ3v) is 6.97. The lowest BCUT2D eigenvalue weighted by atomic mass is 9.96. The molecular formula is C27H38F3N5O4. The molecule has 9 nitrogen and oxygen atoms in total. The second-order valence-corrected chi connectivity index (χ2v) is 11.6. The molecule has 0 unspecified atom stereocenters. The van der Waals surface area contributed by atoms with Crippen LogP contribution in [0, 0.1) is 17.2 Å². The zero-order valence-corrected chi connectivity index (χ0v) is 23.0. The number of nitrogens with one attached hydrogen (secondary N) is 1. The standard InChI is InChI=1S/C27H38F3N5O4/c1-25(2,3)39-24(37)35-9-7-19(8-10-35)17-33-11-13-34(14-12-33)18-26(4,38)23(36)32-21-6-5-20(16-31)22(15-21)27(28,29)30/h5-6,15,19,38H,7-14,17-18H2,1-4H3,(H,32,36)/t26-/m0/s1. The maximum Gasteiger partial charge on any atom is 0.417 e. The van der Waals surface area contributed by atoms with Crippen LogP contribution in [0.4, 0.5) is 23.7 Å². The normalized spacial score (nSPS) is 19.7. The topological polar surface area (TPSA) is 109 Å². The summed E-state index contributed by atoms with van der Waals surface area (Å²) in [5.41, 5.74) is -4.18. The highest BCUT2D eigenvalue weighted by Gasteiger charge is 2.37. The van der Waals surface area contributed by atoms with E-state index >= 15 is 0 Å². The van der Waals surface area contributed by atoms with Crippen LogP contribution in [0.1, 0.15) is 51.7 Å². The van der Waals surface area contributed by atoms with Gasteiger partial charge in [0, 0.05) is 58.0 Å². The molecule has 0 spiro atoms. The second-order valence-electron chi connectivity index (χ2n) is 11.6. The highest BCUT2D eigenvalue weighted by molar-refractivity contribution is 5.97. The average Bonchev–Trinajstić information content (AvgIpc) is 2.84. The minimum atomic E-state index is -4.75. The zero-order valence-electron chi connectivity index (χ0n) is 23.0. The lowest BCUT2D eigenvalue weighted by Crippen LogP contribution is -2.55. The second kappa shape index (κ2) is 12.1. The van der Waals surface area contributed by atoms with Gasteiger partial charge >= 0.3 is 12.3 Å². The highest BCUT2D eigenvalue weighted by atomic mass is 19.4. The third kappa shape index (κ3) is 8.81. The summed E-state index contributed by atoms with van der Waals surface area (Å²) in [4.78, 5) is 31.1. The summed E-state index contributed by atoms with van der Waals surface area (Å²) in [7, 11) is 0. The number of likely N-dealkylation sites (tertiary alicyclic amines) is 1. The van der Waals surface area contributed by atoms with Crippen molar-refractivity contribution in [2.45, 2.75) is 57.9 Å². The Balaban J connectivity index is 1.45. The SMILES string of the molecule is CC(C)(C)OC(=O)N1CCC(CN2CCN(C[C@](C)(O)C(=O)Nc3ccc(C#N)c(C(F)(F)F)c3)CC2)CC1. The summed E-state index contributed by atoms with van der Waals surface area (Å²) in [6.45, 7) is 12.0. The van der Waals surface area contributed by atoms with E-state index in [1.807, 2.05) is 25.7 Å². The van der Waals surface area contributed by atoms with Crippen molar-refractivity contribution < 1.29 is 32.6 Å². The molecule has 216 valence electrons. The number of hydrogen-bond acceptors (Lipinski definition) is 7. The summed E-state index contributed by atoms with van der Waals surface area (Å²) >= 11 is 0. The van der Waals surface area contributed by atoms with E-state index < -0.39 is 34.4 Å². The largest absolute Gasteiger partial charge is 0.444 e. The molecule has 0 bridgehead atoms. The van der Waals surface area contributed by atoms with Crippen molar-refractivity contribution in [3.8, 4) is 6.07 Å². The molecular weight excluding hydrogens is 515 g/mol. The van der Waals surface area contributed by atoms with Gasteiger partial charge in [-0.05, 0) is 64.7 Å². The van der Waals surface area contributed by atoms with Gasteiger partial charge < -0.3 is 25.0 Å². The molecule has 1 aromatic carbocycles. The number of anilines is 1. The van der Waals surface area contributed by atoms with Crippen LogP contribution in [0.25, 0.3) is 0 Å². The van der Waals surface area contributed by atoms with Crippen LogP contribution in [-0.4, -0.2) is 95.4 Å². The molecule has 2 saturated heterocycles. The molecule has 0 aromatic heterocycles. The lowest BCUT2D eigenvalue weighted by molar-refractivity contribution is -0.138. The Bertz CT molecular complexity index is 1060. The molecule has 1 aromatic rings. The number of aliphatic hydroxyl groups is 1. The molecule has 0 aliphatic carbocycles. The van der Waals surface area contributed by atoms with Crippen LogP contribution >= 0.6 is 0 Å². The molecule has 1 atom stereocenters. The number of piperazine rings is 1. The van der Waals surface area contributed by atoms with E-state index in [1.54, 1.807) is 4.90 Å². The van der Waals surface area contributed by atoms with E-state index in [2.05, 4.69) is 10.2 Å². The number of β-amino-alcohol motifs (C(OH)–C–C–N with tert-alkyl or cyclic N) is 1. The Morgan fingerprint density at radius 3 is 2.18 bits per heavy atom. The van der Waals surface area contributed by atoms with Crippen LogP contribution in [0.15, 0.2) is 18.2 Å². The summed E-state index contributed by atoms with van der Waals surface area (Å²) < 4.78 is 45.2. The molecule has 2 aliphatic heterocycles. The number of rotatable bonds is 6. The first-order valence-corrected chi connectivity index (χ1v) is 13.2. The van der Waals surface area contributed by atoms with Crippen molar-refractivity contribution >= 4 is 17.7 Å². The summed E-state index contributed by atoms with van der Waals surface area (Å²) in [5, 5.41) is 22.1. The van der Waals surface area contributed by atoms with Crippen molar-refractivity contribution in [3.05, 3.63) is 29.3 Å². The molecule has 12 heteroatoms. The van der Waals surface area contributed by atoms with Gasteiger partial charge in [-0.15, -0.1) is 0 Å². The Hall–Kier alpha value is -2.88. The monoisotopic (exact) mass is 553 g/mol. The summed E-state index contributed by atoms with van der Waals surface area (Å²) in [5.74, 6) is -0.349. The van der Waals surface area contributed by atoms with Crippen molar-refractivity contribution in [2.24, 2.45) is 5.92 Å². The number of benzene rings is 1. The first kappa shape index (κ1) is 30.7. The van der Waals surface area contributed by atoms with Gasteiger partial charge in [0.2, 0.25) is 0 Å². The first-order chi connectivity index (χ1) is 18.1. The lowest BCUT2D eigenvalue weighted by Gasteiger charge is -2.40. The van der Waals surface area contributed by atoms with E-state index in [0.29, 0.717) is 38.2 Å². The number of carbonyl (C=O) groups is 2. The number of carbonyl (C=O) groups excluding carboxylic acids is 2. The smallest absolute Gasteiger partial charge is 0.417 e. The number of halogens is 3. The molecule has 2 aliphatic rings. The predicted octanol–water partition coefficient (Wildman–Crippen LogP) is 3.53. The highest BCUT2D eigenvalue weighted by Crippen LogP contribution is 2.33. The molecule has 2 amide bonds. The Labute approximate surface area is 227 Å². The van der Waals surface area contributed by atoms with Gasteiger partial charge in [0.15, 0.2) is 5.60 Å². The van der Waals surface area contributed by atoms with E-state index in [-0.39, 0.29) is 18.3 Å². The molecule has 2 heterocycles. The third-order valence-electron chi connectivity index (χ3n) is 6.97. The number of piperidine rings is 1. The van der Waals surface area contributed by atoms with Gasteiger partial charge in [-0.1, -0.05) is 0 Å². The molecule has 0 saturated carbocycles. The number of nitrogens with zero attached hydrogens (tertiary/aromatic N) is 4. The molecule has 39 heavy (non-hydrogen) atoms. The molecule has 3 rings (SSSR count). The summed E-state index contributed by atoms with van der Waals surface area (Å²) in [6, 6.07) is 4.39. The average molecular weight is 554 g/mol. The quantitative estimate of drug-likeness (QED) is 0.555. The van der Waals surface area contributed by atoms with Crippen molar-refractivity contribution in [2.75, 3.05) is 57.7 Å². The van der Waals surface area contributed by atoms with Crippen molar-refractivity contribution in [1.29, 1.82) is 5.26 Å². The Morgan fingerprint density at radius 1 is 1.05 bits per heavy atom. The Morgan fingerprint density at radius 2 is 1.64 bits per heavy atom.